The third kappa shape index (κ3) is 3.59. The normalized spacial score (nSPS) is 10.7. The quantitative estimate of drug-likeness (QED) is 0.425. The Morgan fingerprint density at radius 1 is 1.07 bits per heavy atom. The zero-order valence-corrected chi connectivity index (χ0v) is 16.8. The monoisotopic (exact) mass is 438 g/mol. The van der Waals surface area contributed by atoms with Gasteiger partial charge >= 0.3 is 0 Å². The molecule has 1 N–H and O–H groups in total. The van der Waals surface area contributed by atoms with E-state index in [1.807, 2.05) is 54.6 Å². The molecule has 0 fully saturated rings. The smallest absolute Gasteiger partial charge is 0.259 e. The molecule has 0 spiro atoms. The van der Waals surface area contributed by atoms with Crippen molar-refractivity contribution < 1.29 is 9.53 Å². The van der Waals surface area contributed by atoms with Crippen LogP contribution in [-0.4, -0.2) is 18.0 Å². The van der Waals surface area contributed by atoms with Gasteiger partial charge in [0, 0.05) is 10.0 Å². The van der Waals surface area contributed by atoms with E-state index < -0.39 is 0 Å². The maximum absolute atomic E-state index is 12.8. The van der Waals surface area contributed by atoms with Crippen LogP contribution in [0, 0.1) is 0 Å². The van der Waals surface area contributed by atoms with Gasteiger partial charge in [-0.2, -0.15) is 0 Å². The number of benzene rings is 3. The number of aromatic nitrogens is 1. The molecule has 3 aromatic carbocycles. The average Bonchev–Trinajstić information content (AvgIpc) is 3.13. The van der Waals surface area contributed by atoms with Crippen LogP contribution in [0.4, 0.5) is 5.69 Å². The summed E-state index contributed by atoms with van der Waals surface area (Å²) in [6, 6.07) is 20.9. The average molecular weight is 439 g/mol. The van der Waals surface area contributed by atoms with Crippen LogP contribution in [0.3, 0.4) is 0 Å². The molecule has 6 heteroatoms. The molecular formula is C21H15BrN2O2S. The highest BCUT2D eigenvalue weighted by Crippen LogP contribution is 2.36. The van der Waals surface area contributed by atoms with E-state index >= 15 is 0 Å². The minimum Gasteiger partial charge on any atom is -0.496 e. The summed E-state index contributed by atoms with van der Waals surface area (Å²) < 4.78 is 7.33. The highest BCUT2D eigenvalue weighted by molar-refractivity contribution is 9.10. The predicted molar refractivity (Wildman–Crippen MR) is 114 cm³/mol. The summed E-state index contributed by atoms with van der Waals surface area (Å²) in [6.45, 7) is 0. The van der Waals surface area contributed by atoms with Crippen LogP contribution in [0.2, 0.25) is 0 Å². The van der Waals surface area contributed by atoms with Crippen molar-refractivity contribution in [1.82, 2.24) is 4.98 Å². The van der Waals surface area contributed by atoms with E-state index in [-0.39, 0.29) is 5.91 Å². The molecule has 0 atom stereocenters. The molecule has 0 saturated heterocycles. The highest BCUT2D eigenvalue weighted by Gasteiger charge is 2.16. The second-order valence-electron chi connectivity index (χ2n) is 5.83. The number of methoxy groups -OCH3 is 1. The molecule has 1 heterocycles. The Morgan fingerprint density at radius 3 is 2.67 bits per heavy atom. The number of para-hydroxylation sites is 2. The van der Waals surface area contributed by atoms with E-state index in [9.17, 15) is 4.79 Å². The fraction of sp³-hybridized carbons (Fsp3) is 0.0476. The van der Waals surface area contributed by atoms with Gasteiger partial charge in [0.05, 0.1) is 28.6 Å². The molecule has 4 nitrogen and oxygen atoms in total. The van der Waals surface area contributed by atoms with Crippen LogP contribution in [-0.2, 0) is 0 Å². The summed E-state index contributed by atoms with van der Waals surface area (Å²) in [4.78, 5) is 17.5. The molecule has 0 unspecified atom stereocenters. The predicted octanol–water partition coefficient (Wildman–Crippen LogP) is 5.99. The first-order chi connectivity index (χ1) is 13.2. The van der Waals surface area contributed by atoms with Gasteiger partial charge in [0.25, 0.3) is 5.91 Å². The number of carbonyl (C=O) groups is 1. The number of thiazole rings is 1. The summed E-state index contributed by atoms with van der Waals surface area (Å²) in [5.74, 6) is 0.311. The molecule has 0 saturated carbocycles. The lowest BCUT2D eigenvalue weighted by Gasteiger charge is -2.12. The summed E-state index contributed by atoms with van der Waals surface area (Å²) in [5, 5.41) is 3.85. The molecule has 27 heavy (non-hydrogen) atoms. The third-order valence-electron chi connectivity index (χ3n) is 4.11. The molecule has 0 aliphatic heterocycles. The zero-order valence-electron chi connectivity index (χ0n) is 14.4. The Hall–Kier alpha value is -2.70. The third-order valence-corrected chi connectivity index (χ3v) is 5.67. The van der Waals surface area contributed by atoms with Gasteiger partial charge in [-0.05, 0) is 42.5 Å². The molecular weight excluding hydrogens is 424 g/mol. The summed E-state index contributed by atoms with van der Waals surface area (Å²) >= 11 is 5.11. The minimum absolute atomic E-state index is 0.225. The Kier molecular flexibility index (Phi) is 4.92. The Labute approximate surface area is 169 Å². The van der Waals surface area contributed by atoms with Gasteiger partial charge < -0.3 is 10.1 Å². The summed E-state index contributed by atoms with van der Waals surface area (Å²) in [7, 11) is 1.55. The number of amides is 1. The number of nitrogens with one attached hydrogen (secondary N) is 1. The summed E-state index contributed by atoms with van der Waals surface area (Å²) in [5.41, 5.74) is 3.00. The van der Waals surface area contributed by atoms with Crippen molar-refractivity contribution in [2.75, 3.05) is 12.4 Å². The van der Waals surface area contributed by atoms with Gasteiger partial charge in [-0.1, -0.05) is 40.2 Å². The van der Waals surface area contributed by atoms with Crippen molar-refractivity contribution in [2.45, 2.75) is 0 Å². The highest BCUT2D eigenvalue weighted by atomic mass is 79.9. The van der Waals surface area contributed by atoms with E-state index in [1.165, 1.54) is 0 Å². The number of hydrogen-bond donors (Lipinski definition) is 1. The fourth-order valence-electron chi connectivity index (χ4n) is 2.81. The molecule has 0 radical (unpaired) electrons. The second-order valence-corrected chi connectivity index (χ2v) is 7.78. The molecule has 0 bridgehead atoms. The van der Waals surface area contributed by atoms with Crippen LogP contribution in [0.5, 0.6) is 5.75 Å². The van der Waals surface area contributed by atoms with Crippen LogP contribution in [0.15, 0.2) is 71.2 Å². The number of carbonyl (C=O) groups excluding carboxylic acids is 1. The molecule has 4 rings (SSSR count). The van der Waals surface area contributed by atoms with Gasteiger partial charge in [-0.15, -0.1) is 11.3 Å². The lowest BCUT2D eigenvalue weighted by molar-refractivity contribution is 0.102. The van der Waals surface area contributed by atoms with Crippen molar-refractivity contribution in [1.29, 1.82) is 0 Å². The number of ether oxygens (including phenoxy) is 1. The van der Waals surface area contributed by atoms with Crippen molar-refractivity contribution in [3.8, 4) is 16.3 Å². The number of halogens is 1. The zero-order chi connectivity index (χ0) is 18.8. The minimum atomic E-state index is -0.225. The SMILES string of the molecule is COc1ccccc1C(=O)Nc1ccc(Br)cc1-c1nc2ccccc2s1. The van der Waals surface area contributed by atoms with Gasteiger partial charge in [-0.3, -0.25) is 4.79 Å². The maximum Gasteiger partial charge on any atom is 0.259 e. The Morgan fingerprint density at radius 2 is 1.85 bits per heavy atom. The topological polar surface area (TPSA) is 51.2 Å². The Balaban J connectivity index is 1.74. The second kappa shape index (κ2) is 7.50. The van der Waals surface area contributed by atoms with E-state index in [0.29, 0.717) is 17.0 Å². The van der Waals surface area contributed by atoms with Crippen LogP contribution in [0.25, 0.3) is 20.8 Å². The van der Waals surface area contributed by atoms with Crippen molar-refractivity contribution >= 4 is 49.1 Å². The molecule has 134 valence electrons. The standard InChI is InChI=1S/C21H15BrN2O2S/c1-26-18-8-4-2-6-14(18)20(25)23-16-11-10-13(22)12-15(16)21-24-17-7-3-5-9-19(17)27-21/h2-12H,1H3,(H,23,25). The molecule has 0 aliphatic rings. The van der Waals surface area contributed by atoms with Crippen molar-refractivity contribution in [3.63, 3.8) is 0 Å². The Bertz CT molecular complexity index is 1110. The number of nitrogens with zero attached hydrogens (tertiary/aromatic N) is 1. The molecule has 4 aromatic rings. The van der Waals surface area contributed by atoms with E-state index in [0.717, 1.165) is 25.3 Å². The largest absolute Gasteiger partial charge is 0.496 e. The fourth-order valence-corrected chi connectivity index (χ4v) is 4.17. The van der Waals surface area contributed by atoms with Gasteiger partial charge in [-0.25, -0.2) is 4.98 Å². The first-order valence-corrected chi connectivity index (χ1v) is 9.86. The number of fused-ring (bicyclic) bond motifs is 1. The number of anilines is 1. The first kappa shape index (κ1) is 17.7. The van der Waals surface area contributed by atoms with Gasteiger partial charge in [0.1, 0.15) is 10.8 Å². The first-order valence-electron chi connectivity index (χ1n) is 8.25. The van der Waals surface area contributed by atoms with E-state index in [2.05, 4.69) is 21.2 Å². The van der Waals surface area contributed by atoms with E-state index in [1.54, 1.807) is 30.6 Å². The number of hydrogen-bond acceptors (Lipinski definition) is 4. The van der Waals surface area contributed by atoms with Crippen molar-refractivity contribution in [3.05, 3.63) is 76.8 Å². The lowest BCUT2D eigenvalue weighted by Crippen LogP contribution is -2.13. The lowest BCUT2D eigenvalue weighted by atomic mass is 10.1. The molecule has 0 aliphatic carbocycles. The van der Waals surface area contributed by atoms with Gasteiger partial charge in [0.15, 0.2) is 0 Å². The number of rotatable bonds is 4. The van der Waals surface area contributed by atoms with Crippen LogP contribution in [0.1, 0.15) is 10.4 Å². The van der Waals surface area contributed by atoms with Crippen LogP contribution < -0.4 is 10.1 Å². The van der Waals surface area contributed by atoms with Crippen LogP contribution >= 0.6 is 27.3 Å². The van der Waals surface area contributed by atoms with E-state index in [4.69, 9.17) is 9.72 Å². The van der Waals surface area contributed by atoms with Gasteiger partial charge in [0.2, 0.25) is 0 Å². The summed E-state index contributed by atoms with van der Waals surface area (Å²) in [6.07, 6.45) is 0. The maximum atomic E-state index is 12.8. The molecule has 1 amide bonds. The van der Waals surface area contributed by atoms with Crippen molar-refractivity contribution in [2.24, 2.45) is 0 Å². The molecule has 1 aromatic heterocycles.